The van der Waals surface area contributed by atoms with Crippen molar-refractivity contribution < 1.29 is 14.3 Å². The third-order valence-electron chi connectivity index (χ3n) is 3.92. The number of carbonyl (C=O) groups is 2. The highest BCUT2D eigenvalue weighted by Gasteiger charge is 2.31. The molecule has 2 aromatic carbocycles. The summed E-state index contributed by atoms with van der Waals surface area (Å²) in [6.45, 7) is 2.69. The zero-order valence-corrected chi connectivity index (χ0v) is 12.6. The molecule has 1 aliphatic carbocycles. The van der Waals surface area contributed by atoms with Crippen LogP contribution in [0.4, 0.5) is 0 Å². The molecule has 0 unspecified atom stereocenters. The molecule has 0 N–H and O–H groups in total. The second-order valence-corrected chi connectivity index (χ2v) is 5.44. The zero-order valence-electron chi connectivity index (χ0n) is 12.6. The molecule has 0 spiro atoms. The molecular formula is C19H18O3. The lowest BCUT2D eigenvalue weighted by Crippen LogP contribution is -2.21. The number of rotatable bonds is 5. The SMILES string of the molecule is CCCCCOc1cccc2c1C(=O)c1ccccc1C2=O. The molecule has 22 heavy (non-hydrogen) atoms. The van der Waals surface area contributed by atoms with E-state index in [0.29, 0.717) is 34.6 Å². The average molecular weight is 294 g/mol. The summed E-state index contributed by atoms with van der Waals surface area (Å²) in [6.07, 6.45) is 3.14. The van der Waals surface area contributed by atoms with E-state index in [1.165, 1.54) is 0 Å². The predicted octanol–water partition coefficient (Wildman–Crippen LogP) is 4.03. The maximum Gasteiger partial charge on any atom is 0.198 e. The largest absolute Gasteiger partial charge is 0.493 e. The van der Waals surface area contributed by atoms with Crippen LogP contribution in [0.3, 0.4) is 0 Å². The summed E-state index contributed by atoms with van der Waals surface area (Å²) in [5.74, 6) is 0.280. The van der Waals surface area contributed by atoms with Crippen molar-refractivity contribution in [2.75, 3.05) is 6.61 Å². The summed E-state index contributed by atoms with van der Waals surface area (Å²) in [6, 6.07) is 12.2. The number of ether oxygens (including phenoxy) is 1. The molecule has 0 radical (unpaired) electrons. The summed E-state index contributed by atoms with van der Waals surface area (Å²) in [5, 5.41) is 0. The molecule has 3 rings (SSSR count). The Morgan fingerprint density at radius 1 is 0.818 bits per heavy atom. The normalized spacial score (nSPS) is 12.8. The Hall–Kier alpha value is -2.42. The molecule has 3 nitrogen and oxygen atoms in total. The second kappa shape index (κ2) is 6.14. The van der Waals surface area contributed by atoms with E-state index in [0.717, 1.165) is 19.3 Å². The van der Waals surface area contributed by atoms with Gasteiger partial charge in [-0.3, -0.25) is 9.59 Å². The van der Waals surface area contributed by atoms with E-state index in [1.807, 2.05) is 0 Å². The van der Waals surface area contributed by atoms with Gasteiger partial charge in [0, 0.05) is 16.7 Å². The van der Waals surface area contributed by atoms with Gasteiger partial charge in [-0.2, -0.15) is 0 Å². The van der Waals surface area contributed by atoms with E-state index in [1.54, 1.807) is 42.5 Å². The summed E-state index contributed by atoms with van der Waals surface area (Å²) in [4.78, 5) is 25.3. The third kappa shape index (κ3) is 2.43. The first-order valence-corrected chi connectivity index (χ1v) is 7.68. The Labute approximate surface area is 129 Å². The molecule has 0 saturated heterocycles. The molecule has 0 saturated carbocycles. The number of hydrogen-bond acceptors (Lipinski definition) is 3. The average Bonchev–Trinajstić information content (AvgIpc) is 2.56. The Morgan fingerprint density at radius 2 is 1.50 bits per heavy atom. The summed E-state index contributed by atoms with van der Waals surface area (Å²) >= 11 is 0. The summed E-state index contributed by atoms with van der Waals surface area (Å²) in [7, 11) is 0. The van der Waals surface area contributed by atoms with E-state index in [9.17, 15) is 9.59 Å². The molecule has 1 aliphatic rings. The molecule has 3 heteroatoms. The Morgan fingerprint density at radius 3 is 2.23 bits per heavy atom. The van der Waals surface area contributed by atoms with Crippen LogP contribution in [0, 0.1) is 0 Å². The van der Waals surface area contributed by atoms with Gasteiger partial charge in [-0.15, -0.1) is 0 Å². The van der Waals surface area contributed by atoms with Gasteiger partial charge in [0.15, 0.2) is 11.6 Å². The number of unbranched alkanes of at least 4 members (excludes halogenated alkanes) is 2. The lowest BCUT2D eigenvalue weighted by Gasteiger charge is -2.20. The quantitative estimate of drug-likeness (QED) is 0.667. The third-order valence-corrected chi connectivity index (χ3v) is 3.92. The van der Waals surface area contributed by atoms with E-state index < -0.39 is 0 Å². The molecule has 112 valence electrons. The Bertz CT molecular complexity index is 731. The molecule has 0 amide bonds. The first kappa shape index (κ1) is 14.5. The molecule has 0 fully saturated rings. The topological polar surface area (TPSA) is 43.4 Å². The Kier molecular flexibility index (Phi) is 4.05. The van der Waals surface area contributed by atoms with Crippen LogP contribution in [0.2, 0.25) is 0 Å². The van der Waals surface area contributed by atoms with Crippen LogP contribution in [-0.4, -0.2) is 18.2 Å². The molecule has 0 atom stereocenters. The highest BCUT2D eigenvalue weighted by molar-refractivity contribution is 6.29. The van der Waals surface area contributed by atoms with Gasteiger partial charge in [0.1, 0.15) is 5.75 Å². The minimum atomic E-state index is -0.128. The maximum absolute atomic E-state index is 12.7. The molecular weight excluding hydrogens is 276 g/mol. The molecule has 2 aromatic rings. The van der Waals surface area contributed by atoms with Gasteiger partial charge in [-0.25, -0.2) is 0 Å². The van der Waals surface area contributed by atoms with Crippen LogP contribution < -0.4 is 4.74 Å². The first-order chi connectivity index (χ1) is 10.7. The van der Waals surface area contributed by atoms with Crippen molar-refractivity contribution in [1.82, 2.24) is 0 Å². The number of fused-ring (bicyclic) bond motifs is 2. The fourth-order valence-corrected chi connectivity index (χ4v) is 2.77. The van der Waals surface area contributed by atoms with Gasteiger partial charge >= 0.3 is 0 Å². The van der Waals surface area contributed by atoms with Crippen molar-refractivity contribution in [1.29, 1.82) is 0 Å². The maximum atomic E-state index is 12.7. The van der Waals surface area contributed by atoms with Crippen LogP contribution in [0.5, 0.6) is 5.75 Å². The van der Waals surface area contributed by atoms with Crippen molar-refractivity contribution in [3.63, 3.8) is 0 Å². The van der Waals surface area contributed by atoms with Crippen LogP contribution >= 0.6 is 0 Å². The molecule has 0 heterocycles. The summed E-state index contributed by atoms with van der Waals surface area (Å²) in [5.41, 5.74) is 1.78. The predicted molar refractivity (Wildman–Crippen MR) is 84.8 cm³/mol. The Balaban J connectivity index is 1.98. The number of hydrogen-bond donors (Lipinski definition) is 0. The number of carbonyl (C=O) groups excluding carboxylic acids is 2. The van der Waals surface area contributed by atoms with Gasteiger partial charge < -0.3 is 4.74 Å². The summed E-state index contributed by atoms with van der Waals surface area (Å²) < 4.78 is 5.77. The van der Waals surface area contributed by atoms with Crippen molar-refractivity contribution in [2.24, 2.45) is 0 Å². The van der Waals surface area contributed by atoms with Crippen LogP contribution in [0.25, 0.3) is 0 Å². The lowest BCUT2D eigenvalue weighted by atomic mass is 9.83. The highest BCUT2D eigenvalue weighted by Crippen LogP contribution is 2.33. The number of ketones is 2. The van der Waals surface area contributed by atoms with E-state index in [-0.39, 0.29) is 11.6 Å². The van der Waals surface area contributed by atoms with Gasteiger partial charge in [0.25, 0.3) is 0 Å². The highest BCUT2D eigenvalue weighted by atomic mass is 16.5. The fourth-order valence-electron chi connectivity index (χ4n) is 2.77. The second-order valence-electron chi connectivity index (χ2n) is 5.44. The van der Waals surface area contributed by atoms with Crippen molar-refractivity contribution >= 4 is 11.6 Å². The zero-order chi connectivity index (χ0) is 15.5. The van der Waals surface area contributed by atoms with Crippen molar-refractivity contribution in [3.05, 3.63) is 64.7 Å². The van der Waals surface area contributed by atoms with Crippen LogP contribution in [0.1, 0.15) is 58.0 Å². The monoisotopic (exact) mass is 294 g/mol. The smallest absolute Gasteiger partial charge is 0.198 e. The lowest BCUT2D eigenvalue weighted by molar-refractivity contribution is 0.0975. The molecule has 0 aliphatic heterocycles. The van der Waals surface area contributed by atoms with E-state index >= 15 is 0 Å². The van der Waals surface area contributed by atoms with Crippen LogP contribution in [0.15, 0.2) is 42.5 Å². The van der Waals surface area contributed by atoms with E-state index in [2.05, 4.69) is 6.92 Å². The van der Waals surface area contributed by atoms with Gasteiger partial charge in [0.05, 0.1) is 12.2 Å². The van der Waals surface area contributed by atoms with E-state index in [4.69, 9.17) is 4.74 Å². The van der Waals surface area contributed by atoms with Gasteiger partial charge in [-0.1, -0.05) is 56.2 Å². The number of benzene rings is 2. The molecule has 0 aromatic heterocycles. The minimum absolute atomic E-state index is 0.107. The minimum Gasteiger partial charge on any atom is -0.493 e. The van der Waals surface area contributed by atoms with Crippen molar-refractivity contribution in [3.8, 4) is 5.75 Å². The van der Waals surface area contributed by atoms with Crippen molar-refractivity contribution in [2.45, 2.75) is 26.2 Å². The fraction of sp³-hybridized carbons (Fsp3) is 0.263. The standard InChI is InChI=1S/C19H18O3/c1-2-3-6-12-22-16-11-7-10-15-17(16)19(21)14-9-5-4-8-13(14)18(15)20/h4-5,7-11H,2-3,6,12H2,1H3. The first-order valence-electron chi connectivity index (χ1n) is 7.68. The van der Waals surface area contributed by atoms with Gasteiger partial charge in [0.2, 0.25) is 0 Å². The molecule has 0 bridgehead atoms. The van der Waals surface area contributed by atoms with Crippen LogP contribution in [-0.2, 0) is 0 Å². The van der Waals surface area contributed by atoms with Gasteiger partial charge in [-0.05, 0) is 12.5 Å².